The van der Waals surface area contributed by atoms with Crippen LogP contribution in [0.3, 0.4) is 0 Å². The minimum atomic E-state index is 1.12. The number of rotatable bonds is 5. The largest absolute Gasteiger partial charge is 0.310 e. The molecule has 0 aliphatic heterocycles. The van der Waals surface area contributed by atoms with Gasteiger partial charge < -0.3 is 9.47 Å². The summed E-state index contributed by atoms with van der Waals surface area (Å²) in [6, 6.07) is 66.1. The minimum Gasteiger partial charge on any atom is -0.310 e. The maximum absolute atomic E-state index is 2.40. The van der Waals surface area contributed by atoms with Gasteiger partial charge in [-0.05, 0) is 94.7 Å². The molecule has 0 saturated heterocycles. The maximum Gasteiger partial charge on any atom is 0.0562 e. The van der Waals surface area contributed by atoms with Crippen molar-refractivity contribution >= 4 is 81.1 Å². The Kier molecular flexibility index (Phi) is 6.39. The number of thiophene rings is 1. The Hall–Kier alpha value is -6.16. The molecule has 0 atom stereocenters. The predicted molar refractivity (Wildman–Crippen MR) is 211 cm³/mol. The van der Waals surface area contributed by atoms with Crippen LogP contribution in [0.25, 0.3) is 69.6 Å². The van der Waals surface area contributed by atoms with E-state index in [9.17, 15) is 0 Å². The highest BCUT2D eigenvalue weighted by molar-refractivity contribution is 7.25. The fourth-order valence-corrected chi connectivity index (χ4v) is 8.67. The lowest BCUT2D eigenvalue weighted by Crippen LogP contribution is -2.10. The van der Waals surface area contributed by atoms with Gasteiger partial charge in [-0.3, -0.25) is 0 Å². The lowest BCUT2D eigenvalue weighted by atomic mass is 10.0. The first kappa shape index (κ1) is 27.9. The third-order valence-corrected chi connectivity index (χ3v) is 10.9. The summed E-state index contributed by atoms with van der Waals surface area (Å²) < 4.78 is 5.04. The molecule has 0 unspecified atom stereocenters. The highest BCUT2D eigenvalue weighted by Crippen LogP contribution is 2.44. The number of para-hydroxylation sites is 3. The molecule has 49 heavy (non-hydrogen) atoms. The second-order valence-electron chi connectivity index (χ2n) is 12.6. The number of fused-ring (bicyclic) bond motifs is 7. The van der Waals surface area contributed by atoms with Gasteiger partial charge in [0.05, 0.1) is 16.7 Å². The fraction of sp³-hybridized carbons (Fsp3) is 0. The Labute approximate surface area is 288 Å². The smallest absolute Gasteiger partial charge is 0.0562 e. The van der Waals surface area contributed by atoms with Crippen molar-refractivity contribution in [2.24, 2.45) is 0 Å². The van der Waals surface area contributed by atoms with E-state index in [4.69, 9.17) is 0 Å². The van der Waals surface area contributed by atoms with Gasteiger partial charge in [0.15, 0.2) is 0 Å². The molecule has 2 aromatic heterocycles. The van der Waals surface area contributed by atoms with Crippen LogP contribution >= 0.6 is 11.3 Å². The SMILES string of the molecule is c1ccc(N(c2ccc(-c3ccc4c(c3)sc3cc5ccccc5cc34)cc2)c2cccc3c2c2ccccc2n3-c2ccccc2)cc1. The van der Waals surface area contributed by atoms with Gasteiger partial charge in [-0.25, -0.2) is 0 Å². The van der Waals surface area contributed by atoms with Crippen LogP contribution in [0, 0.1) is 0 Å². The summed E-state index contributed by atoms with van der Waals surface area (Å²) in [7, 11) is 0. The summed E-state index contributed by atoms with van der Waals surface area (Å²) in [5, 5.41) is 7.71. The van der Waals surface area contributed by atoms with Crippen molar-refractivity contribution in [3.8, 4) is 16.8 Å². The summed E-state index contributed by atoms with van der Waals surface area (Å²) in [4.78, 5) is 2.40. The maximum atomic E-state index is 2.40. The summed E-state index contributed by atoms with van der Waals surface area (Å²) >= 11 is 1.88. The zero-order valence-corrected chi connectivity index (χ0v) is 27.4. The normalized spacial score (nSPS) is 11.7. The predicted octanol–water partition coefficient (Wildman–Crippen LogP) is 13.4. The lowest BCUT2D eigenvalue weighted by Gasteiger charge is -2.26. The molecule has 2 heterocycles. The van der Waals surface area contributed by atoms with Gasteiger partial charge in [0.25, 0.3) is 0 Å². The van der Waals surface area contributed by atoms with Crippen molar-refractivity contribution in [2.75, 3.05) is 4.90 Å². The molecule has 10 aromatic rings. The molecule has 230 valence electrons. The second-order valence-corrected chi connectivity index (χ2v) is 13.7. The van der Waals surface area contributed by atoms with Crippen LogP contribution in [-0.2, 0) is 0 Å². The van der Waals surface area contributed by atoms with E-state index in [1.165, 1.54) is 63.9 Å². The highest BCUT2D eigenvalue weighted by Gasteiger charge is 2.21. The first-order chi connectivity index (χ1) is 24.3. The van der Waals surface area contributed by atoms with Crippen LogP contribution in [0.1, 0.15) is 0 Å². The van der Waals surface area contributed by atoms with Crippen molar-refractivity contribution in [1.82, 2.24) is 4.57 Å². The molecule has 0 bridgehead atoms. The van der Waals surface area contributed by atoms with E-state index in [-0.39, 0.29) is 0 Å². The van der Waals surface area contributed by atoms with Crippen molar-refractivity contribution in [2.45, 2.75) is 0 Å². The first-order valence-electron chi connectivity index (χ1n) is 16.7. The van der Waals surface area contributed by atoms with Gasteiger partial charge in [-0.2, -0.15) is 0 Å². The first-order valence-corrected chi connectivity index (χ1v) is 17.5. The molecule has 3 heteroatoms. The third-order valence-electron chi connectivity index (χ3n) is 9.74. The molecule has 0 saturated carbocycles. The number of hydrogen-bond donors (Lipinski definition) is 0. The Bertz CT molecular complexity index is 2810. The van der Waals surface area contributed by atoms with Gasteiger partial charge in [0, 0.05) is 48.0 Å². The van der Waals surface area contributed by atoms with Crippen molar-refractivity contribution in [1.29, 1.82) is 0 Å². The summed E-state index contributed by atoms with van der Waals surface area (Å²) in [5.74, 6) is 0. The van der Waals surface area contributed by atoms with E-state index >= 15 is 0 Å². The van der Waals surface area contributed by atoms with Crippen LogP contribution < -0.4 is 4.90 Å². The summed E-state index contributed by atoms with van der Waals surface area (Å²) in [6.45, 7) is 0. The van der Waals surface area contributed by atoms with E-state index in [1.54, 1.807) is 0 Å². The van der Waals surface area contributed by atoms with Crippen LogP contribution in [0.4, 0.5) is 17.1 Å². The van der Waals surface area contributed by atoms with Gasteiger partial charge in [0.1, 0.15) is 0 Å². The average molecular weight is 643 g/mol. The van der Waals surface area contributed by atoms with Crippen LogP contribution in [0.5, 0.6) is 0 Å². The third kappa shape index (κ3) is 4.55. The number of anilines is 3. The monoisotopic (exact) mass is 642 g/mol. The Morgan fingerprint density at radius 3 is 1.86 bits per heavy atom. The van der Waals surface area contributed by atoms with Crippen molar-refractivity contribution in [3.05, 3.63) is 182 Å². The number of nitrogens with zero attached hydrogens (tertiary/aromatic N) is 2. The number of benzene rings is 8. The average Bonchev–Trinajstić information content (AvgIpc) is 3.70. The molecule has 0 spiro atoms. The molecule has 2 nitrogen and oxygen atoms in total. The second kappa shape index (κ2) is 11.2. The van der Waals surface area contributed by atoms with E-state index < -0.39 is 0 Å². The lowest BCUT2D eigenvalue weighted by molar-refractivity contribution is 1.18. The molecular formula is C46H30N2S. The molecule has 0 aliphatic carbocycles. The molecule has 0 amide bonds. The molecule has 10 rings (SSSR count). The van der Waals surface area contributed by atoms with Crippen LogP contribution in [-0.4, -0.2) is 4.57 Å². The molecule has 8 aromatic carbocycles. The van der Waals surface area contributed by atoms with E-state index in [1.807, 2.05) is 11.3 Å². The number of aromatic nitrogens is 1. The zero-order chi connectivity index (χ0) is 32.3. The van der Waals surface area contributed by atoms with Crippen LogP contribution in [0.2, 0.25) is 0 Å². The molecule has 0 radical (unpaired) electrons. The van der Waals surface area contributed by atoms with Gasteiger partial charge in [-0.15, -0.1) is 11.3 Å². The van der Waals surface area contributed by atoms with Gasteiger partial charge in [0.2, 0.25) is 0 Å². The van der Waals surface area contributed by atoms with E-state index in [0.717, 1.165) is 22.7 Å². The quantitative estimate of drug-likeness (QED) is 0.181. The van der Waals surface area contributed by atoms with Gasteiger partial charge in [-0.1, -0.05) is 109 Å². The van der Waals surface area contributed by atoms with E-state index in [0.29, 0.717) is 0 Å². The molecule has 0 N–H and O–H groups in total. The highest BCUT2D eigenvalue weighted by atomic mass is 32.1. The Morgan fingerprint density at radius 2 is 1.04 bits per heavy atom. The Morgan fingerprint density at radius 1 is 0.408 bits per heavy atom. The van der Waals surface area contributed by atoms with Crippen LogP contribution in [0.15, 0.2) is 182 Å². The molecule has 0 aliphatic rings. The van der Waals surface area contributed by atoms with Gasteiger partial charge >= 0.3 is 0 Å². The summed E-state index contributed by atoms with van der Waals surface area (Å²) in [5.41, 5.74) is 9.38. The topological polar surface area (TPSA) is 8.17 Å². The standard InChI is InChI=1S/C46H30N2S/c1-3-14-35(15-4-1)47(42-20-11-21-43-46(42)39-18-9-10-19-41(39)48(43)36-16-5-2-6-17-36)37-25-22-31(23-26-37)34-24-27-38-40-28-32-12-7-8-13-33(32)29-45(40)49-44(38)30-34/h1-30H. The fourth-order valence-electron chi connectivity index (χ4n) is 7.49. The van der Waals surface area contributed by atoms with E-state index in [2.05, 4.69) is 191 Å². The minimum absolute atomic E-state index is 1.12. The Balaban J connectivity index is 1.11. The molecule has 0 fully saturated rings. The zero-order valence-electron chi connectivity index (χ0n) is 26.6. The number of hydrogen-bond acceptors (Lipinski definition) is 2. The van der Waals surface area contributed by atoms with Crippen molar-refractivity contribution in [3.63, 3.8) is 0 Å². The summed E-state index contributed by atoms with van der Waals surface area (Å²) in [6.07, 6.45) is 0. The van der Waals surface area contributed by atoms with Crippen molar-refractivity contribution < 1.29 is 0 Å². The molecular weight excluding hydrogens is 613 g/mol.